The Morgan fingerprint density at radius 2 is 2.00 bits per heavy atom. The Kier molecular flexibility index (Phi) is 3.66. The molecule has 2 aliphatic carbocycles. The van der Waals surface area contributed by atoms with Crippen molar-refractivity contribution >= 4 is 0 Å². The Morgan fingerprint density at radius 3 is 2.67 bits per heavy atom. The molecule has 0 radical (unpaired) electrons. The third-order valence-corrected chi connectivity index (χ3v) is 6.20. The van der Waals surface area contributed by atoms with Crippen LogP contribution in [0.1, 0.15) is 76.0 Å². The molecule has 1 fully saturated rings. The van der Waals surface area contributed by atoms with Gasteiger partial charge in [-0.1, -0.05) is 39.0 Å². The van der Waals surface area contributed by atoms with E-state index in [0.717, 1.165) is 25.7 Å². The van der Waals surface area contributed by atoms with Crippen LogP contribution < -0.4 is 0 Å². The van der Waals surface area contributed by atoms with Crippen molar-refractivity contribution in [3.05, 3.63) is 34.9 Å². The summed E-state index contributed by atoms with van der Waals surface area (Å²) in [5.74, 6) is 0.986. The molecular weight excluding hydrogens is 260 g/mol. The smallest absolute Gasteiger partial charge is 0.104 e. The molecule has 3 atom stereocenters. The third-order valence-electron chi connectivity index (χ3n) is 6.20. The zero-order valence-electron chi connectivity index (χ0n) is 13.8. The summed E-state index contributed by atoms with van der Waals surface area (Å²) in [4.78, 5) is 4.99. The average Bonchev–Trinajstić information content (AvgIpc) is 2.46. The summed E-state index contributed by atoms with van der Waals surface area (Å²) in [5.41, 5.74) is 4.20. The molecule has 116 valence electrons. The molecule has 2 aliphatic rings. The molecular formula is C19H28O2. The molecule has 1 aromatic rings. The first-order chi connectivity index (χ1) is 9.90. The van der Waals surface area contributed by atoms with Gasteiger partial charge in [-0.25, -0.2) is 4.89 Å². The van der Waals surface area contributed by atoms with Gasteiger partial charge in [-0.2, -0.15) is 0 Å². The predicted octanol–water partition coefficient (Wildman–Crippen LogP) is 5.06. The predicted molar refractivity (Wildman–Crippen MR) is 85.7 cm³/mol. The van der Waals surface area contributed by atoms with E-state index in [-0.39, 0.29) is 11.0 Å². The molecule has 0 aliphatic heterocycles. The summed E-state index contributed by atoms with van der Waals surface area (Å²) in [7, 11) is 0. The van der Waals surface area contributed by atoms with Crippen molar-refractivity contribution in [2.75, 3.05) is 0 Å². The first-order valence-corrected chi connectivity index (χ1v) is 8.36. The van der Waals surface area contributed by atoms with Crippen LogP contribution in [0.3, 0.4) is 0 Å². The molecule has 0 spiro atoms. The molecule has 3 rings (SSSR count). The van der Waals surface area contributed by atoms with Gasteiger partial charge in [0.25, 0.3) is 0 Å². The van der Waals surface area contributed by atoms with E-state index in [1.54, 1.807) is 0 Å². The van der Waals surface area contributed by atoms with Crippen molar-refractivity contribution in [3.63, 3.8) is 0 Å². The summed E-state index contributed by atoms with van der Waals surface area (Å²) in [6.07, 6.45) is 5.50. The van der Waals surface area contributed by atoms with Gasteiger partial charge in [0, 0.05) is 5.92 Å². The van der Waals surface area contributed by atoms with Crippen LogP contribution in [0, 0.1) is 5.92 Å². The molecule has 1 saturated carbocycles. The molecule has 0 bridgehead atoms. The van der Waals surface area contributed by atoms with Crippen LogP contribution in [-0.2, 0) is 16.7 Å². The highest BCUT2D eigenvalue weighted by molar-refractivity contribution is 5.42. The Hall–Kier alpha value is -0.860. The van der Waals surface area contributed by atoms with Crippen molar-refractivity contribution in [3.8, 4) is 0 Å². The lowest BCUT2D eigenvalue weighted by molar-refractivity contribution is -0.345. The third kappa shape index (κ3) is 2.24. The lowest BCUT2D eigenvalue weighted by atomic mass is 9.53. The lowest BCUT2D eigenvalue weighted by Crippen LogP contribution is -2.53. The van der Waals surface area contributed by atoms with E-state index in [9.17, 15) is 5.26 Å². The van der Waals surface area contributed by atoms with Crippen molar-refractivity contribution < 1.29 is 10.1 Å². The van der Waals surface area contributed by atoms with E-state index in [1.807, 2.05) is 0 Å². The van der Waals surface area contributed by atoms with Crippen molar-refractivity contribution in [2.24, 2.45) is 5.92 Å². The number of rotatable bonds is 2. The zero-order chi connectivity index (χ0) is 15.3. The fraction of sp³-hybridized carbons (Fsp3) is 0.684. The standard InChI is InChI=1S/C19H28O2/c1-13(2)14-6-8-16-15(12-14)7-9-17-18(16,3)10-5-11-19(17,4)21-20/h6,8,12-13,17,20H,5,7,9-11H2,1-4H3/t17-,18-,19+/m1/s1. The van der Waals surface area contributed by atoms with E-state index >= 15 is 0 Å². The monoisotopic (exact) mass is 288 g/mol. The fourth-order valence-electron chi connectivity index (χ4n) is 4.92. The van der Waals surface area contributed by atoms with Gasteiger partial charge >= 0.3 is 0 Å². The van der Waals surface area contributed by atoms with Crippen LogP contribution in [0.2, 0.25) is 0 Å². The van der Waals surface area contributed by atoms with Gasteiger partial charge in [0.15, 0.2) is 0 Å². The molecule has 1 N–H and O–H groups in total. The van der Waals surface area contributed by atoms with Crippen LogP contribution >= 0.6 is 0 Å². The average molecular weight is 288 g/mol. The number of aryl methyl sites for hydroxylation is 1. The molecule has 0 unspecified atom stereocenters. The topological polar surface area (TPSA) is 29.5 Å². The lowest BCUT2D eigenvalue weighted by Gasteiger charge is -2.53. The number of fused-ring (bicyclic) bond motifs is 3. The maximum atomic E-state index is 9.47. The van der Waals surface area contributed by atoms with Gasteiger partial charge in [-0.3, -0.25) is 5.26 Å². The van der Waals surface area contributed by atoms with Crippen LogP contribution in [-0.4, -0.2) is 10.9 Å². The van der Waals surface area contributed by atoms with Gasteiger partial charge in [0.2, 0.25) is 0 Å². The van der Waals surface area contributed by atoms with Gasteiger partial charge < -0.3 is 0 Å². The minimum Gasteiger partial charge on any atom is -0.251 e. The van der Waals surface area contributed by atoms with E-state index in [0.29, 0.717) is 11.8 Å². The summed E-state index contributed by atoms with van der Waals surface area (Å²) in [6.45, 7) is 8.97. The second-order valence-electron chi connectivity index (χ2n) is 7.84. The van der Waals surface area contributed by atoms with Crippen molar-refractivity contribution in [1.82, 2.24) is 0 Å². The van der Waals surface area contributed by atoms with Gasteiger partial charge in [-0.05, 0) is 67.1 Å². The van der Waals surface area contributed by atoms with Crippen LogP contribution in [0.4, 0.5) is 0 Å². The summed E-state index contributed by atoms with van der Waals surface area (Å²) in [6, 6.07) is 7.05. The Balaban J connectivity index is 2.05. The highest BCUT2D eigenvalue weighted by atomic mass is 17.1. The van der Waals surface area contributed by atoms with Crippen LogP contribution in [0.25, 0.3) is 0 Å². The van der Waals surface area contributed by atoms with Crippen LogP contribution in [0.5, 0.6) is 0 Å². The minimum atomic E-state index is -0.387. The van der Waals surface area contributed by atoms with Crippen molar-refractivity contribution in [2.45, 2.75) is 76.7 Å². The second-order valence-corrected chi connectivity index (χ2v) is 7.84. The van der Waals surface area contributed by atoms with Gasteiger partial charge in [0.1, 0.15) is 5.60 Å². The SMILES string of the molecule is CC(C)c1ccc2c(c1)CC[C@H]1[C@@](C)(OO)CCC[C@]21C. The first-order valence-electron chi connectivity index (χ1n) is 8.36. The number of benzene rings is 1. The molecule has 1 aromatic carbocycles. The molecule has 0 heterocycles. The zero-order valence-corrected chi connectivity index (χ0v) is 13.8. The highest BCUT2D eigenvalue weighted by Crippen LogP contribution is 2.54. The van der Waals surface area contributed by atoms with Crippen molar-refractivity contribution in [1.29, 1.82) is 0 Å². The second kappa shape index (κ2) is 5.10. The molecule has 21 heavy (non-hydrogen) atoms. The van der Waals surface area contributed by atoms with Crippen LogP contribution in [0.15, 0.2) is 18.2 Å². The van der Waals surface area contributed by atoms with Gasteiger partial charge in [-0.15, -0.1) is 0 Å². The maximum Gasteiger partial charge on any atom is 0.104 e. The van der Waals surface area contributed by atoms with E-state index in [1.165, 1.54) is 23.1 Å². The number of hydrogen-bond acceptors (Lipinski definition) is 2. The summed E-state index contributed by atoms with van der Waals surface area (Å²) >= 11 is 0. The quantitative estimate of drug-likeness (QED) is 0.608. The molecule has 0 amide bonds. The van der Waals surface area contributed by atoms with E-state index in [4.69, 9.17) is 4.89 Å². The van der Waals surface area contributed by atoms with Gasteiger partial charge in [0.05, 0.1) is 0 Å². The summed E-state index contributed by atoms with van der Waals surface area (Å²) < 4.78 is 0. The largest absolute Gasteiger partial charge is 0.251 e. The molecule has 0 saturated heterocycles. The Bertz CT molecular complexity index is 536. The molecule has 0 aromatic heterocycles. The highest BCUT2D eigenvalue weighted by Gasteiger charge is 2.53. The van der Waals surface area contributed by atoms with E-state index < -0.39 is 0 Å². The number of hydrogen-bond donors (Lipinski definition) is 1. The Morgan fingerprint density at radius 1 is 1.24 bits per heavy atom. The first kappa shape index (κ1) is 15.1. The maximum absolute atomic E-state index is 9.47. The fourth-order valence-corrected chi connectivity index (χ4v) is 4.92. The Labute approximate surface area is 128 Å². The minimum absolute atomic E-state index is 0.138. The molecule has 2 heteroatoms. The van der Waals surface area contributed by atoms with E-state index in [2.05, 4.69) is 45.9 Å². The summed E-state index contributed by atoms with van der Waals surface area (Å²) in [5, 5.41) is 9.47. The molecule has 2 nitrogen and oxygen atoms in total. The normalized spacial score (nSPS) is 35.4.